The number of alkyl halides is 3. The van der Waals surface area contributed by atoms with Crippen molar-refractivity contribution in [3.05, 3.63) is 0 Å². The predicted molar refractivity (Wildman–Crippen MR) is 53.9 cm³/mol. The van der Waals surface area contributed by atoms with E-state index in [1.807, 2.05) is 7.05 Å². The summed E-state index contributed by atoms with van der Waals surface area (Å²) in [6.07, 6.45) is -4.16. The summed E-state index contributed by atoms with van der Waals surface area (Å²) in [5.41, 5.74) is 0. The summed E-state index contributed by atoms with van der Waals surface area (Å²) in [6, 6.07) is 0. The summed E-state index contributed by atoms with van der Waals surface area (Å²) in [7, 11) is 1.85. The quantitative estimate of drug-likeness (QED) is 0.806. The topological polar surface area (TPSA) is 32.3 Å². The molecule has 16 heavy (non-hydrogen) atoms. The zero-order valence-electron chi connectivity index (χ0n) is 9.31. The molecule has 1 aliphatic rings. The first-order valence-electron chi connectivity index (χ1n) is 5.41. The van der Waals surface area contributed by atoms with Gasteiger partial charge in [0, 0.05) is 13.1 Å². The number of carbonyl (C=O) groups is 1. The number of piperidine rings is 1. The smallest absolute Gasteiger partial charge is 0.342 e. The number of hydrogen-bond donors (Lipinski definition) is 1. The molecule has 0 atom stereocenters. The van der Waals surface area contributed by atoms with Crippen molar-refractivity contribution in [2.45, 2.75) is 25.4 Å². The number of carbonyl (C=O) groups excluding carboxylic acids is 1. The number of nitrogens with zero attached hydrogens (tertiary/aromatic N) is 1. The molecule has 1 saturated heterocycles. The van der Waals surface area contributed by atoms with Gasteiger partial charge in [-0.1, -0.05) is 0 Å². The first-order valence-corrected chi connectivity index (χ1v) is 5.41. The maximum atomic E-state index is 12.0. The highest BCUT2D eigenvalue weighted by molar-refractivity contribution is 5.76. The van der Waals surface area contributed by atoms with Crippen LogP contribution in [0.25, 0.3) is 0 Å². The molecule has 3 nitrogen and oxygen atoms in total. The Balaban J connectivity index is 2.33. The van der Waals surface area contributed by atoms with Crippen LogP contribution in [0.15, 0.2) is 0 Å². The van der Waals surface area contributed by atoms with Crippen molar-refractivity contribution in [1.82, 2.24) is 10.2 Å². The SMILES string of the molecule is CNCC1CCN(C(=O)CC(F)(F)F)CC1. The van der Waals surface area contributed by atoms with Gasteiger partial charge in [0.05, 0.1) is 0 Å². The summed E-state index contributed by atoms with van der Waals surface area (Å²) < 4.78 is 36.0. The monoisotopic (exact) mass is 238 g/mol. The maximum absolute atomic E-state index is 12.0. The average molecular weight is 238 g/mol. The Morgan fingerprint density at radius 1 is 1.38 bits per heavy atom. The minimum absolute atomic E-state index is 0.446. The van der Waals surface area contributed by atoms with Crippen LogP contribution in [0.1, 0.15) is 19.3 Å². The van der Waals surface area contributed by atoms with E-state index in [9.17, 15) is 18.0 Å². The van der Waals surface area contributed by atoms with Gasteiger partial charge in [0.25, 0.3) is 0 Å². The van der Waals surface area contributed by atoms with Gasteiger partial charge < -0.3 is 10.2 Å². The highest BCUT2D eigenvalue weighted by Crippen LogP contribution is 2.23. The van der Waals surface area contributed by atoms with Crippen LogP contribution in [0.3, 0.4) is 0 Å². The second-order valence-corrected chi connectivity index (χ2v) is 4.17. The van der Waals surface area contributed by atoms with E-state index in [1.54, 1.807) is 0 Å². The van der Waals surface area contributed by atoms with Crippen molar-refractivity contribution in [2.24, 2.45) is 5.92 Å². The van der Waals surface area contributed by atoms with E-state index in [0.29, 0.717) is 19.0 Å². The van der Waals surface area contributed by atoms with Gasteiger partial charge in [0.2, 0.25) is 5.91 Å². The Labute approximate surface area is 93.0 Å². The van der Waals surface area contributed by atoms with E-state index < -0.39 is 18.5 Å². The van der Waals surface area contributed by atoms with E-state index >= 15 is 0 Å². The van der Waals surface area contributed by atoms with E-state index in [0.717, 1.165) is 19.4 Å². The molecule has 0 aromatic carbocycles. The van der Waals surface area contributed by atoms with Gasteiger partial charge in [0.1, 0.15) is 6.42 Å². The van der Waals surface area contributed by atoms with E-state index in [1.165, 1.54) is 4.90 Å². The predicted octanol–water partition coefficient (Wildman–Crippen LogP) is 1.40. The Hall–Kier alpha value is -0.780. The van der Waals surface area contributed by atoms with Gasteiger partial charge >= 0.3 is 6.18 Å². The van der Waals surface area contributed by atoms with Gasteiger partial charge in [-0.15, -0.1) is 0 Å². The molecular weight excluding hydrogens is 221 g/mol. The van der Waals surface area contributed by atoms with Crippen molar-refractivity contribution >= 4 is 5.91 Å². The number of nitrogens with one attached hydrogen (secondary N) is 1. The average Bonchev–Trinajstić information content (AvgIpc) is 2.16. The Kier molecular flexibility index (Phi) is 4.58. The first kappa shape index (κ1) is 13.3. The van der Waals surface area contributed by atoms with Crippen LogP contribution in [-0.2, 0) is 4.79 Å². The summed E-state index contributed by atoms with van der Waals surface area (Å²) in [5.74, 6) is -0.324. The Morgan fingerprint density at radius 2 is 1.94 bits per heavy atom. The fourth-order valence-corrected chi connectivity index (χ4v) is 1.96. The summed E-state index contributed by atoms with van der Waals surface area (Å²) >= 11 is 0. The minimum atomic E-state index is -4.39. The van der Waals surface area contributed by atoms with Crippen LogP contribution in [0.2, 0.25) is 0 Å². The third kappa shape index (κ3) is 4.38. The van der Waals surface area contributed by atoms with Crippen molar-refractivity contribution in [2.75, 3.05) is 26.7 Å². The number of likely N-dealkylation sites (tertiary alicyclic amines) is 1. The van der Waals surface area contributed by atoms with E-state index in [2.05, 4.69) is 5.32 Å². The highest BCUT2D eigenvalue weighted by Gasteiger charge is 2.34. The molecule has 1 aliphatic heterocycles. The number of halogens is 3. The molecule has 0 aromatic heterocycles. The third-order valence-electron chi connectivity index (χ3n) is 2.81. The van der Waals surface area contributed by atoms with Gasteiger partial charge in [-0.3, -0.25) is 4.79 Å². The fraction of sp³-hybridized carbons (Fsp3) is 0.900. The largest absolute Gasteiger partial charge is 0.397 e. The van der Waals surface area contributed by atoms with E-state index in [-0.39, 0.29) is 0 Å². The normalized spacial score (nSPS) is 18.9. The number of hydrogen-bond acceptors (Lipinski definition) is 2. The number of rotatable bonds is 3. The molecule has 94 valence electrons. The van der Waals surface area contributed by atoms with Crippen molar-refractivity contribution in [3.8, 4) is 0 Å². The molecule has 1 heterocycles. The molecule has 1 N–H and O–H groups in total. The third-order valence-corrected chi connectivity index (χ3v) is 2.81. The molecule has 1 amide bonds. The van der Waals surface area contributed by atoms with Gasteiger partial charge in [-0.2, -0.15) is 13.2 Å². The summed E-state index contributed by atoms with van der Waals surface area (Å²) in [6.45, 7) is 1.75. The van der Waals surface area contributed by atoms with Crippen LogP contribution in [0, 0.1) is 5.92 Å². The fourth-order valence-electron chi connectivity index (χ4n) is 1.96. The molecule has 6 heteroatoms. The molecule has 0 radical (unpaired) electrons. The molecule has 1 rings (SSSR count). The molecule has 0 bridgehead atoms. The first-order chi connectivity index (χ1) is 7.42. The van der Waals surface area contributed by atoms with Gasteiger partial charge in [0.15, 0.2) is 0 Å². The van der Waals surface area contributed by atoms with Crippen LogP contribution in [0.4, 0.5) is 13.2 Å². The standard InChI is InChI=1S/C10H17F3N2O/c1-14-7-8-2-4-15(5-3-8)9(16)6-10(11,12)13/h8,14H,2-7H2,1H3. The van der Waals surface area contributed by atoms with Gasteiger partial charge in [-0.05, 0) is 32.4 Å². The zero-order chi connectivity index (χ0) is 12.2. The summed E-state index contributed by atoms with van der Waals surface area (Å²) in [5, 5.41) is 3.04. The lowest BCUT2D eigenvalue weighted by Gasteiger charge is -2.32. The molecular formula is C10H17F3N2O. The Bertz CT molecular complexity index is 235. The lowest BCUT2D eigenvalue weighted by atomic mass is 9.96. The minimum Gasteiger partial charge on any atom is -0.342 e. The molecule has 0 spiro atoms. The molecule has 1 fully saturated rings. The van der Waals surface area contributed by atoms with Crippen molar-refractivity contribution in [3.63, 3.8) is 0 Å². The van der Waals surface area contributed by atoms with Crippen molar-refractivity contribution < 1.29 is 18.0 Å². The maximum Gasteiger partial charge on any atom is 0.397 e. The molecule has 0 aliphatic carbocycles. The zero-order valence-corrected chi connectivity index (χ0v) is 9.31. The number of amides is 1. The molecule has 0 unspecified atom stereocenters. The molecule has 0 aromatic rings. The second-order valence-electron chi connectivity index (χ2n) is 4.17. The van der Waals surface area contributed by atoms with Crippen LogP contribution in [-0.4, -0.2) is 43.7 Å². The van der Waals surface area contributed by atoms with Gasteiger partial charge in [-0.25, -0.2) is 0 Å². The van der Waals surface area contributed by atoms with Crippen molar-refractivity contribution in [1.29, 1.82) is 0 Å². The summed E-state index contributed by atoms with van der Waals surface area (Å²) in [4.78, 5) is 12.6. The lowest BCUT2D eigenvalue weighted by molar-refractivity contribution is -0.162. The van der Waals surface area contributed by atoms with Crippen LogP contribution in [0.5, 0.6) is 0 Å². The highest BCUT2D eigenvalue weighted by atomic mass is 19.4. The lowest BCUT2D eigenvalue weighted by Crippen LogP contribution is -2.41. The molecule has 0 saturated carbocycles. The second kappa shape index (κ2) is 5.52. The van der Waals surface area contributed by atoms with Crippen LogP contribution < -0.4 is 5.32 Å². The van der Waals surface area contributed by atoms with Crippen LogP contribution >= 0.6 is 0 Å². The Morgan fingerprint density at radius 3 is 2.38 bits per heavy atom. The van der Waals surface area contributed by atoms with E-state index in [4.69, 9.17) is 0 Å².